The Balaban J connectivity index is 1.29. The van der Waals surface area contributed by atoms with Gasteiger partial charge in [-0.15, -0.1) is 6.58 Å². The third-order valence-corrected chi connectivity index (χ3v) is 13.4. The highest BCUT2D eigenvalue weighted by molar-refractivity contribution is 6.03. The number of non-ortho nitro benzene ring substituents is 1. The highest BCUT2D eigenvalue weighted by Crippen LogP contribution is 2.62. The largest absolute Gasteiger partial charge is 0.459 e. The second-order valence-corrected chi connectivity index (χ2v) is 17.8. The first-order valence-electron chi connectivity index (χ1n) is 24.0. The fourth-order valence-electron chi connectivity index (χ4n) is 10.3. The summed E-state index contributed by atoms with van der Waals surface area (Å²) in [5.74, 6) is -1.19. The van der Waals surface area contributed by atoms with E-state index in [0.29, 0.717) is 60.0 Å². The van der Waals surface area contributed by atoms with Crippen LogP contribution in [0, 0.1) is 27.9 Å². The van der Waals surface area contributed by atoms with E-state index in [2.05, 4.69) is 18.0 Å². The van der Waals surface area contributed by atoms with Crippen LogP contribution in [0.2, 0.25) is 0 Å². The third kappa shape index (κ3) is 11.0. The van der Waals surface area contributed by atoms with Gasteiger partial charge in [-0.25, -0.2) is 4.79 Å². The zero-order chi connectivity index (χ0) is 49.0. The number of ether oxygens (including phenoxy) is 5. The van der Waals surface area contributed by atoms with Gasteiger partial charge in [-0.05, 0) is 115 Å². The predicted octanol–water partition coefficient (Wildman–Crippen LogP) is 9.01. The lowest BCUT2D eigenvalue weighted by Gasteiger charge is -2.60. The molecule has 4 aromatic rings. The molecule has 8 rings (SSSR count). The van der Waals surface area contributed by atoms with Crippen LogP contribution in [0.25, 0.3) is 6.08 Å². The van der Waals surface area contributed by atoms with Crippen molar-refractivity contribution >= 4 is 29.5 Å². The maximum absolute atomic E-state index is 15.2. The summed E-state index contributed by atoms with van der Waals surface area (Å²) in [5.41, 5.74) is 4.40. The van der Waals surface area contributed by atoms with E-state index < -0.39 is 34.7 Å². The molecule has 1 saturated carbocycles. The van der Waals surface area contributed by atoms with Gasteiger partial charge in [-0.2, -0.15) is 0 Å². The number of aliphatic hydroxyl groups is 2. The lowest BCUT2D eigenvalue weighted by molar-refractivity contribution is -0.384. The molecule has 2 amide bonds. The molecule has 0 radical (unpaired) electrons. The number of nitro groups is 1. The van der Waals surface area contributed by atoms with E-state index in [0.717, 1.165) is 35.1 Å². The van der Waals surface area contributed by atoms with Crippen LogP contribution in [-0.2, 0) is 27.5 Å². The first-order valence-corrected chi connectivity index (χ1v) is 24.0. The van der Waals surface area contributed by atoms with Crippen molar-refractivity contribution in [1.29, 1.82) is 0 Å². The number of fused-ring (bicyclic) bond motifs is 3. The minimum atomic E-state index is -1.59. The zero-order valence-electron chi connectivity index (χ0n) is 39.3. The normalized spacial score (nSPS) is 22.3. The number of benzene rings is 4. The first kappa shape index (κ1) is 49.4. The number of nitrogens with one attached hydrogen (secondary N) is 1. The molecule has 16 heteroatoms. The quantitative estimate of drug-likeness (QED) is 0.0222. The Hall–Kier alpha value is -7.01. The number of hydrogen-bond donors (Lipinski definition) is 3. The van der Waals surface area contributed by atoms with Crippen LogP contribution in [0.15, 0.2) is 127 Å². The molecule has 368 valence electrons. The predicted molar refractivity (Wildman–Crippen MR) is 261 cm³/mol. The van der Waals surface area contributed by atoms with Gasteiger partial charge in [-0.3, -0.25) is 14.9 Å². The van der Waals surface area contributed by atoms with Crippen LogP contribution in [0.5, 0.6) is 23.0 Å². The van der Waals surface area contributed by atoms with Crippen molar-refractivity contribution < 1.29 is 53.2 Å². The molecule has 6 atom stereocenters. The average molecular weight is 957 g/mol. The molecule has 16 nitrogen and oxygen atoms in total. The molecular weight excluding hydrogens is 897 g/mol. The summed E-state index contributed by atoms with van der Waals surface area (Å²) in [4.78, 5) is 47.2. The topological polar surface area (TPSA) is 201 Å². The second-order valence-electron chi connectivity index (χ2n) is 17.8. The summed E-state index contributed by atoms with van der Waals surface area (Å²) in [7, 11) is 0. The molecule has 0 saturated heterocycles. The standard InChI is InChI=1S/C54H60N4O12/c1-3-28-67-54-49(57(34-38-18-23-47-48(29-38)66-35-65-47)50(61)25-19-36-16-20-40(21-17-36)58(63)64)32-45(56-68-4-2)43-30-39(14-8-10-26-59)42(15-9-11-27-60)51(52(43)54)44-31-41(22-24-46(44)70-54)69-53(62)55-33-37-12-6-5-7-13-37/h3,5-7,12-13,16-25,29-31,39,42,49,51-52,59-60H,1,4,8-11,14-15,26-28,32-35H2,2H3,(H,55,62)/t39-,42+,49-,51+,52+,54+/m0/s1. The van der Waals surface area contributed by atoms with E-state index in [1.54, 1.807) is 47.4 Å². The van der Waals surface area contributed by atoms with Crippen LogP contribution in [-0.4, -0.2) is 82.8 Å². The molecule has 0 bridgehead atoms. The van der Waals surface area contributed by atoms with Crippen molar-refractivity contribution in [3.05, 3.63) is 154 Å². The number of nitro benzene ring substituents is 1. The number of allylic oxidation sites excluding steroid dienone is 1. The lowest BCUT2D eigenvalue weighted by Crippen LogP contribution is -2.70. The summed E-state index contributed by atoms with van der Waals surface area (Å²) in [6.07, 6.45) is 10.6. The summed E-state index contributed by atoms with van der Waals surface area (Å²) in [6, 6.07) is 25.4. The molecule has 0 aromatic heterocycles. The number of aliphatic hydroxyl groups excluding tert-OH is 2. The maximum Gasteiger partial charge on any atom is 0.412 e. The highest BCUT2D eigenvalue weighted by atomic mass is 16.7. The number of carbonyl (C=O) groups excluding carboxylic acids is 2. The van der Waals surface area contributed by atoms with Crippen molar-refractivity contribution in [2.45, 2.75) is 82.7 Å². The van der Waals surface area contributed by atoms with Crippen molar-refractivity contribution in [2.75, 3.05) is 33.2 Å². The van der Waals surface area contributed by atoms with E-state index in [9.17, 15) is 25.1 Å². The Morgan fingerprint density at radius 2 is 1.70 bits per heavy atom. The Kier molecular flexibility index (Phi) is 16.3. The van der Waals surface area contributed by atoms with Gasteiger partial charge >= 0.3 is 6.09 Å². The first-order chi connectivity index (χ1) is 34.2. The Bertz CT molecular complexity index is 2580. The van der Waals surface area contributed by atoms with Gasteiger partial charge in [0.15, 0.2) is 11.5 Å². The molecule has 3 N–H and O–H groups in total. The molecule has 2 heterocycles. The smallest absolute Gasteiger partial charge is 0.412 e. The van der Waals surface area contributed by atoms with Crippen LogP contribution in [0.3, 0.4) is 0 Å². The SMILES string of the molecule is C=CCO[C@@]12Oc3ccc(OC(=O)NCc4ccccc4)cc3[C@H]3[C@H](CCCCO)[C@@H](CCCCO)C=C(C(=NOCC)C[C@@H]1N(Cc1ccc4c(c1)OCO4)C(=O)C=Cc1ccc([N+](=O)[O-])cc1)[C@H]32. The van der Waals surface area contributed by atoms with Crippen molar-refractivity contribution in [3.63, 3.8) is 0 Å². The van der Waals surface area contributed by atoms with Gasteiger partial charge < -0.3 is 49.0 Å². The number of carbonyl (C=O) groups is 2. The fourth-order valence-corrected chi connectivity index (χ4v) is 10.3. The average Bonchev–Trinajstić information content (AvgIpc) is 3.85. The van der Waals surface area contributed by atoms with Gasteiger partial charge in [0, 0.05) is 62.4 Å². The van der Waals surface area contributed by atoms with Crippen LogP contribution < -0.4 is 24.3 Å². The highest BCUT2D eigenvalue weighted by Gasteiger charge is 2.65. The van der Waals surface area contributed by atoms with Crippen molar-refractivity contribution in [2.24, 2.45) is 22.9 Å². The molecule has 2 aliphatic carbocycles. The van der Waals surface area contributed by atoms with Crippen LogP contribution in [0.1, 0.15) is 80.0 Å². The summed E-state index contributed by atoms with van der Waals surface area (Å²) < 4.78 is 31.9. The summed E-state index contributed by atoms with van der Waals surface area (Å²) in [6.45, 7) is 6.68. The van der Waals surface area contributed by atoms with Crippen LogP contribution in [0.4, 0.5) is 10.5 Å². The van der Waals surface area contributed by atoms with E-state index in [4.69, 9.17) is 33.7 Å². The summed E-state index contributed by atoms with van der Waals surface area (Å²) in [5, 5.41) is 39.1. The third-order valence-electron chi connectivity index (χ3n) is 13.4. The van der Waals surface area contributed by atoms with Crippen molar-refractivity contribution in [1.82, 2.24) is 10.2 Å². The molecule has 4 aromatic carbocycles. The van der Waals surface area contributed by atoms with E-state index >= 15 is 4.79 Å². The molecule has 0 unspecified atom stereocenters. The zero-order valence-corrected chi connectivity index (χ0v) is 39.3. The molecule has 4 aliphatic rings. The Labute approximate surface area is 407 Å². The van der Waals surface area contributed by atoms with E-state index in [-0.39, 0.29) is 76.2 Å². The number of rotatable bonds is 22. The molecule has 0 spiro atoms. The number of oxime groups is 1. The van der Waals surface area contributed by atoms with E-state index in [1.807, 2.05) is 55.5 Å². The minimum Gasteiger partial charge on any atom is -0.459 e. The van der Waals surface area contributed by atoms with Crippen molar-refractivity contribution in [3.8, 4) is 23.0 Å². The number of nitrogens with zero attached hydrogens (tertiary/aromatic N) is 3. The number of hydrogen-bond acceptors (Lipinski definition) is 13. The van der Waals surface area contributed by atoms with Gasteiger partial charge in [0.1, 0.15) is 24.1 Å². The molecule has 70 heavy (non-hydrogen) atoms. The number of unbranched alkanes of at least 4 members (excludes halogenated alkanes) is 2. The molecule has 2 aliphatic heterocycles. The Morgan fingerprint density at radius 1 is 0.943 bits per heavy atom. The number of amides is 2. The van der Waals surface area contributed by atoms with Gasteiger partial charge in [0.25, 0.3) is 5.69 Å². The second kappa shape index (κ2) is 23.1. The van der Waals surface area contributed by atoms with E-state index in [1.165, 1.54) is 18.2 Å². The molecular formula is C54H60N4O12. The lowest BCUT2D eigenvalue weighted by atomic mass is 9.55. The molecule has 1 fully saturated rings. The minimum absolute atomic E-state index is 0.0246. The summed E-state index contributed by atoms with van der Waals surface area (Å²) >= 11 is 0. The van der Waals surface area contributed by atoms with Gasteiger partial charge in [0.05, 0.1) is 23.2 Å². The van der Waals surface area contributed by atoms with Crippen LogP contribution >= 0.6 is 0 Å². The van der Waals surface area contributed by atoms with Gasteiger partial charge in [-0.1, -0.05) is 66.5 Å². The fraction of sp³-hybridized carbons (Fsp3) is 0.389. The Morgan fingerprint density at radius 3 is 2.44 bits per heavy atom. The van der Waals surface area contributed by atoms with Gasteiger partial charge in [0.2, 0.25) is 18.5 Å². The maximum atomic E-state index is 15.2. The monoisotopic (exact) mass is 956 g/mol.